The zero-order valence-corrected chi connectivity index (χ0v) is 21.3. The Morgan fingerprint density at radius 2 is 1.89 bits per heavy atom. The van der Waals surface area contributed by atoms with Gasteiger partial charge in [-0.1, -0.05) is 29.8 Å². The molecule has 0 heterocycles. The van der Waals surface area contributed by atoms with Gasteiger partial charge in [0.25, 0.3) is 11.6 Å². The molecule has 10 nitrogen and oxygen atoms in total. The predicted octanol–water partition coefficient (Wildman–Crippen LogP) is 4.95. The summed E-state index contributed by atoms with van der Waals surface area (Å²) >= 11 is 0. The number of nitriles is 1. The first-order valence-electron chi connectivity index (χ1n) is 11.1. The first-order chi connectivity index (χ1) is 18.1. The first-order valence-corrected chi connectivity index (χ1v) is 12.5. The zero-order valence-electron chi connectivity index (χ0n) is 20.5. The molecule has 0 unspecified atom stereocenters. The van der Waals surface area contributed by atoms with Gasteiger partial charge in [-0.2, -0.15) is 13.7 Å². The Balaban J connectivity index is 1.98. The molecule has 0 aromatic heterocycles. The first kappa shape index (κ1) is 27.6. The second kappa shape index (κ2) is 11.9. The van der Waals surface area contributed by atoms with Crippen molar-refractivity contribution in [2.45, 2.75) is 18.2 Å². The number of nitrogens with zero attached hydrogens (tertiary/aromatic N) is 2. The highest BCUT2D eigenvalue weighted by Crippen LogP contribution is 2.36. The van der Waals surface area contributed by atoms with E-state index in [0.29, 0.717) is 11.1 Å². The third-order valence-electron chi connectivity index (χ3n) is 5.23. The number of rotatable bonds is 10. The number of amides is 1. The summed E-state index contributed by atoms with van der Waals surface area (Å²) in [6, 6.07) is 16.2. The molecule has 0 aliphatic carbocycles. The second-order valence-corrected chi connectivity index (χ2v) is 9.53. The number of nitrogens with one attached hydrogen (secondary N) is 1. The summed E-state index contributed by atoms with van der Waals surface area (Å²) < 4.78 is 36.7. The maximum atomic E-state index is 12.9. The van der Waals surface area contributed by atoms with Crippen molar-refractivity contribution in [1.29, 1.82) is 5.26 Å². The topological polar surface area (TPSA) is 149 Å². The van der Waals surface area contributed by atoms with Crippen LogP contribution in [0.3, 0.4) is 0 Å². The minimum absolute atomic E-state index is 0.0386. The number of aryl methyl sites for hydroxylation is 1. The van der Waals surface area contributed by atoms with Gasteiger partial charge in [0, 0.05) is 23.4 Å². The molecular formula is C27H23N3O7S. The number of non-ortho nitro benzene ring substituents is 1. The zero-order chi connectivity index (χ0) is 27.9. The van der Waals surface area contributed by atoms with Crippen LogP contribution in [0.15, 0.2) is 83.8 Å². The molecule has 0 aliphatic heterocycles. The van der Waals surface area contributed by atoms with E-state index in [1.54, 1.807) is 24.3 Å². The highest BCUT2D eigenvalue weighted by molar-refractivity contribution is 7.87. The van der Waals surface area contributed by atoms with Crippen LogP contribution in [0, 0.1) is 28.4 Å². The molecule has 194 valence electrons. The Labute approximate surface area is 219 Å². The molecule has 3 rings (SSSR count). The lowest BCUT2D eigenvalue weighted by molar-refractivity contribution is -0.384. The predicted molar refractivity (Wildman–Crippen MR) is 141 cm³/mol. The van der Waals surface area contributed by atoms with E-state index in [-0.39, 0.29) is 39.8 Å². The van der Waals surface area contributed by atoms with Gasteiger partial charge in [0.15, 0.2) is 11.5 Å². The summed E-state index contributed by atoms with van der Waals surface area (Å²) in [6.07, 6.45) is 3.01. The maximum Gasteiger partial charge on any atom is 0.339 e. The van der Waals surface area contributed by atoms with Crippen LogP contribution in [-0.2, 0) is 21.3 Å². The molecule has 0 saturated carbocycles. The Bertz CT molecular complexity index is 1570. The standard InChI is InChI=1S/C27H23N3O7S/c1-4-6-20-13-19(14-21(17-28)27(31)29-22-7-5-8-23(16-22)30(32)33)15-25(36-3)26(20)37-38(34,35)24-11-9-18(2)10-12-24/h4-5,7-16H,1,6H2,2-3H3,(H,29,31)/b21-14+. The van der Waals surface area contributed by atoms with Crippen LogP contribution in [0.4, 0.5) is 11.4 Å². The molecule has 1 amide bonds. The average molecular weight is 534 g/mol. The maximum absolute atomic E-state index is 12.9. The van der Waals surface area contributed by atoms with E-state index in [0.717, 1.165) is 5.56 Å². The van der Waals surface area contributed by atoms with E-state index in [9.17, 15) is 28.6 Å². The van der Waals surface area contributed by atoms with E-state index < -0.39 is 20.9 Å². The van der Waals surface area contributed by atoms with Crippen LogP contribution in [0.1, 0.15) is 16.7 Å². The van der Waals surface area contributed by atoms with E-state index in [4.69, 9.17) is 8.92 Å². The van der Waals surface area contributed by atoms with Crippen molar-refractivity contribution in [2.24, 2.45) is 0 Å². The molecule has 0 aliphatic rings. The quantitative estimate of drug-likeness (QED) is 0.0960. The number of hydrogen-bond donors (Lipinski definition) is 1. The molecule has 3 aromatic rings. The van der Waals surface area contributed by atoms with Crippen molar-refractivity contribution >= 4 is 33.5 Å². The van der Waals surface area contributed by atoms with E-state index in [2.05, 4.69) is 11.9 Å². The minimum Gasteiger partial charge on any atom is -0.493 e. The number of nitro groups is 1. The summed E-state index contributed by atoms with van der Waals surface area (Å²) in [7, 11) is -2.87. The molecule has 0 bridgehead atoms. The van der Waals surface area contributed by atoms with Crippen LogP contribution < -0.4 is 14.2 Å². The number of benzene rings is 3. The van der Waals surface area contributed by atoms with Crippen LogP contribution in [0.2, 0.25) is 0 Å². The highest BCUT2D eigenvalue weighted by atomic mass is 32.2. The molecule has 0 spiro atoms. The molecule has 38 heavy (non-hydrogen) atoms. The third-order valence-corrected chi connectivity index (χ3v) is 6.47. The van der Waals surface area contributed by atoms with Gasteiger partial charge in [-0.15, -0.1) is 6.58 Å². The van der Waals surface area contributed by atoms with Gasteiger partial charge in [-0.05, 0) is 55.3 Å². The van der Waals surface area contributed by atoms with Crippen molar-refractivity contribution in [3.63, 3.8) is 0 Å². The lowest BCUT2D eigenvalue weighted by Crippen LogP contribution is -2.14. The fourth-order valence-electron chi connectivity index (χ4n) is 3.39. The number of carbonyl (C=O) groups excluding carboxylic acids is 1. The highest BCUT2D eigenvalue weighted by Gasteiger charge is 2.23. The van der Waals surface area contributed by atoms with Gasteiger partial charge >= 0.3 is 10.1 Å². The van der Waals surface area contributed by atoms with E-state index in [1.807, 2.05) is 6.92 Å². The van der Waals surface area contributed by atoms with Crippen molar-refractivity contribution in [3.05, 3.63) is 106 Å². The molecule has 0 fully saturated rings. The van der Waals surface area contributed by atoms with E-state index >= 15 is 0 Å². The summed E-state index contributed by atoms with van der Waals surface area (Å²) in [5.74, 6) is -0.785. The number of nitro benzene ring substituents is 1. The molecule has 0 atom stereocenters. The number of hydrogen-bond acceptors (Lipinski definition) is 8. The van der Waals surface area contributed by atoms with Gasteiger partial charge < -0.3 is 14.2 Å². The Morgan fingerprint density at radius 1 is 1.18 bits per heavy atom. The van der Waals surface area contributed by atoms with Crippen molar-refractivity contribution in [1.82, 2.24) is 0 Å². The van der Waals surface area contributed by atoms with Crippen molar-refractivity contribution < 1.29 is 27.1 Å². The van der Waals surface area contributed by atoms with Gasteiger partial charge in [0.2, 0.25) is 0 Å². The molecular weight excluding hydrogens is 510 g/mol. The normalized spacial score (nSPS) is 11.2. The van der Waals surface area contributed by atoms with Crippen molar-refractivity contribution in [3.8, 4) is 17.6 Å². The Kier molecular flexibility index (Phi) is 8.62. The largest absolute Gasteiger partial charge is 0.493 e. The minimum atomic E-state index is -4.20. The van der Waals surface area contributed by atoms with Crippen LogP contribution in [-0.4, -0.2) is 26.4 Å². The van der Waals surface area contributed by atoms with Crippen LogP contribution >= 0.6 is 0 Å². The fourth-order valence-corrected chi connectivity index (χ4v) is 4.37. The van der Waals surface area contributed by atoms with Gasteiger partial charge in [0.05, 0.1) is 12.0 Å². The number of methoxy groups -OCH3 is 1. The molecule has 1 N–H and O–H groups in total. The molecule has 3 aromatic carbocycles. The fraction of sp³-hybridized carbons (Fsp3) is 0.111. The number of allylic oxidation sites excluding steroid dienone is 1. The number of anilines is 1. The van der Waals surface area contributed by atoms with Gasteiger partial charge in [-0.3, -0.25) is 14.9 Å². The van der Waals surface area contributed by atoms with Crippen LogP contribution in [0.5, 0.6) is 11.5 Å². The molecule has 11 heteroatoms. The Morgan fingerprint density at radius 3 is 2.50 bits per heavy atom. The van der Waals surface area contributed by atoms with Gasteiger partial charge in [-0.25, -0.2) is 0 Å². The molecule has 0 saturated heterocycles. The molecule has 0 radical (unpaired) electrons. The monoisotopic (exact) mass is 533 g/mol. The van der Waals surface area contributed by atoms with Crippen molar-refractivity contribution in [2.75, 3.05) is 12.4 Å². The smallest absolute Gasteiger partial charge is 0.339 e. The van der Waals surface area contributed by atoms with E-state index in [1.165, 1.54) is 61.7 Å². The summed E-state index contributed by atoms with van der Waals surface area (Å²) in [6.45, 7) is 5.52. The second-order valence-electron chi connectivity index (χ2n) is 7.99. The van der Waals surface area contributed by atoms with Gasteiger partial charge in [0.1, 0.15) is 16.5 Å². The summed E-state index contributed by atoms with van der Waals surface area (Å²) in [5, 5.41) is 23.0. The lowest BCUT2D eigenvalue weighted by atomic mass is 10.0. The average Bonchev–Trinajstić information content (AvgIpc) is 2.88. The third kappa shape index (κ3) is 6.63. The lowest BCUT2D eigenvalue weighted by Gasteiger charge is -2.16. The Hall–Kier alpha value is -4.95. The SMILES string of the molecule is C=CCc1cc(/C=C(\C#N)C(=O)Nc2cccc([N+](=O)[O-])c2)cc(OC)c1OS(=O)(=O)c1ccc(C)cc1. The summed E-state index contributed by atoms with van der Waals surface area (Å²) in [4.78, 5) is 23.0. The summed E-state index contributed by atoms with van der Waals surface area (Å²) in [5.41, 5.74) is 1.24. The number of carbonyl (C=O) groups is 1. The number of ether oxygens (including phenoxy) is 1. The van der Waals surface area contributed by atoms with Crippen LogP contribution in [0.25, 0.3) is 6.08 Å².